The molecule has 1 aliphatic carbocycles. The normalized spacial score (nSPS) is 18.6. The molecular weight excluding hydrogens is 262 g/mol. The highest BCUT2D eigenvalue weighted by Gasteiger charge is 2.37. The van der Waals surface area contributed by atoms with E-state index in [1.807, 2.05) is 0 Å². The van der Waals surface area contributed by atoms with Gasteiger partial charge in [-0.3, -0.25) is 9.78 Å². The summed E-state index contributed by atoms with van der Waals surface area (Å²) in [5.41, 5.74) is 6.00. The summed E-state index contributed by atoms with van der Waals surface area (Å²) in [4.78, 5) is 16.5. The van der Waals surface area contributed by atoms with E-state index in [9.17, 15) is 4.79 Å². The highest BCUT2D eigenvalue weighted by Crippen LogP contribution is 2.35. The van der Waals surface area contributed by atoms with E-state index < -0.39 is 5.41 Å². The fourth-order valence-electron chi connectivity index (χ4n) is 2.65. The Morgan fingerprint density at radius 3 is 2.63 bits per heavy atom. The third kappa shape index (κ3) is 3.25. The Kier molecular flexibility index (Phi) is 4.77. The summed E-state index contributed by atoms with van der Waals surface area (Å²) in [5, 5.41) is 3.39. The SMILES string of the molecule is NCC1(C(=O)Nc2cnccc2Cl)CCCCCC1. The number of amides is 1. The van der Waals surface area contributed by atoms with Crippen molar-refractivity contribution >= 4 is 23.2 Å². The van der Waals surface area contributed by atoms with Crippen LogP contribution in [0.15, 0.2) is 18.5 Å². The number of halogens is 1. The second kappa shape index (κ2) is 6.35. The summed E-state index contributed by atoms with van der Waals surface area (Å²) in [7, 11) is 0. The molecular formula is C14H20ClN3O. The largest absolute Gasteiger partial charge is 0.329 e. The van der Waals surface area contributed by atoms with Gasteiger partial charge in [-0.05, 0) is 18.9 Å². The lowest BCUT2D eigenvalue weighted by atomic mass is 9.79. The van der Waals surface area contributed by atoms with Gasteiger partial charge in [0.1, 0.15) is 0 Å². The molecule has 1 fully saturated rings. The van der Waals surface area contributed by atoms with E-state index in [1.165, 1.54) is 12.8 Å². The number of carbonyl (C=O) groups is 1. The molecule has 19 heavy (non-hydrogen) atoms. The highest BCUT2D eigenvalue weighted by atomic mass is 35.5. The van der Waals surface area contributed by atoms with Crippen LogP contribution < -0.4 is 11.1 Å². The number of carbonyl (C=O) groups excluding carboxylic acids is 1. The molecule has 1 aromatic heterocycles. The number of aromatic nitrogens is 1. The highest BCUT2D eigenvalue weighted by molar-refractivity contribution is 6.33. The molecule has 2 rings (SSSR count). The molecule has 3 N–H and O–H groups in total. The van der Waals surface area contributed by atoms with Crippen LogP contribution in [0.3, 0.4) is 0 Å². The molecule has 1 saturated carbocycles. The second-order valence-electron chi connectivity index (χ2n) is 5.21. The number of hydrogen-bond acceptors (Lipinski definition) is 3. The van der Waals surface area contributed by atoms with Gasteiger partial charge in [-0.25, -0.2) is 0 Å². The molecule has 0 spiro atoms. The molecule has 0 unspecified atom stereocenters. The molecule has 1 aliphatic rings. The number of nitrogens with zero attached hydrogens (tertiary/aromatic N) is 1. The first-order chi connectivity index (χ1) is 9.18. The molecule has 0 aromatic carbocycles. The van der Waals surface area contributed by atoms with Crippen LogP contribution in [0.1, 0.15) is 38.5 Å². The van der Waals surface area contributed by atoms with Crippen LogP contribution >= 0.6 is 11.6 Å². The molecule has 0 bridgehead atoms. The van der Waals surface area contributed by atoms with Gasteiger partial charge in [-0.2, -0.15) is 0 Å². The summed E-state index contributed by atoms with van der Waals surface area (Å²) >= 11 is 6.04. The van der Waals surface area contributed by atoms with Crippen molar-refractivity contribution < 1.29 is 4.79 Å². The minimum atomic E-state index is -0.449. The van der Waals surface area contributed by atoms with Gasteiger partial charge in [0.05, 0.1) is 22.3 Å². The predicted molar refractivity (Wildman–Crippen MR) is 77.1 cm³/mol. The molecule has 4 nitrogen and oxygen atoms in total. The summed E-state index contributed by atoms with van der Waals surface area (Å²) in [6.45, 7) is 0.386. The van der Waals surface area contributed by atoms with Crippen LogP contribution in [0.4, 0.5) is 5.69 Å². The van der Waals surface area contributed by atoms with Crippen LogP contribution in [0, 0.1) is 5.41 Å². The smallest absolute Gasteiger partial charge is 0.231 e. The standard InChI is InChI=1S/C14H20ClN3O/c15-11-5-8-17-9-12(11)18-13(19)14(10-16)6-3-1-2-4-7-14/h5,8-9H,1-4,6-7,10,16H2,(H,18,19). The van der Waals surface area contributed by atoms with Gasteiger partial charge in [0.25, 0.3) is 0 Å². The summed E-state index contributed by atoms with van der Waals surface area (Å²) in [6, 6.07) is 1.67. The number of anilines is 1. The summed E-state index contributed by atoms with van der Waals surface area (Å²) in [6.07, 6.45) is 9.37. The van der Waals surface area contributed by atoms with E-state index in [0.29, 0.717) is 17.3 Å². The van der Waals surface area contributed by atoms with Crippen LogP contribution in [0.25, 0.3) is 0 Å². The predicted octanol–water partition coefficient (Wildman–Crippen LogP) is 2.97. The maximum atomic E-state index is 12.5. The zero-order valence-corrected chi connectivity index (χ0v) is 11.7. The molecule has 1 aromatic rings. The quantitative estimate of drug-likeness (QED) is 0.837. The number of pyridine rings is 1. The van der Waals surface area contributed by atoms with Crippen LogP contribution in [0.2, 0.25) is 5.02 Å². The van der Waals surface area contributed by atoms with E-state index in [-0.39, 0.29) is 5.91 Å². The van der Waals surface area contributed by atoms with E-state index >= 15 is 0 Å². The number of nitrogens with two attached hydrogens (primary N) is 1. The van der Waals surface area contributed by atoms with Crippen molar-refractivity contribution in [1.82, 2.24) is 4.98 Å². The molecule has 1 heterocycles. The lowest BCUT2D eigenvalue weighted by Crippen LogP contribution is -2.42. The van der Waals surface area contributed by atoms with E-state index in [1.54, 1.807) is 18.5 Å². The van der Waals surface area contributed by atoms with E-state index in [2.05, 4.69) is 10.3 Å². The van der Waals surface area contributed by atoms with Gasteiger partial charge in [0.15, 0.2) is 0 Å². The molecule has 0 saturated heterocycles. The Morgan fingerprint density at radius 2 is 2.05 bits per heavy atom. The van der Waals surface area contributed by atoms with Crippen LogP contribution in [-0.4, -0.2) is 17.4 Å². The maximum absolute atomic E-state index is 12.5. The first-order valence-corrected chi connectivity index (χ1v) is 7.17. The zero-order chi connectivity index (χ0) is 13.7. The van der Waals surface area contributed by atoms with Gasteiger partial charge in [0, 0.05) is 12.7 Å². The second-order valence-corrected chi connectivity index (χ2v) is 5.62. The van der Waals surface area contributed by atoms with E-state index in [0.717, 1.165) is 25.7 Å². The van der Waals surface area contributed by atoms with Gasteiger partial charge >= 0.3 is 0 Å². The fraction of sp³-hybridized carbons (Fsp3) is 0.571. The lowest BCUT2D eigenvalue weighted by molar-refractivity contribution is -0.125. The Balaban J connectivity index is 2.14. The third-order valence-electron chi connectivity index (χ3n) is 3.95. The Hall–Kier alpha value is -1.13. The molecule has 0 radical (unpaired) electrons. The molecule has 0 aliphatic heterocycles. The summed E-state index contributed by atoms with van der Waals surface area (Å²) < 4.78 is 0. The van der Waals surface area contributed by atoms with Crippen molar-refractivity contribution in [3.8, 4) is 0 Å². The number of hydrogen-bond donors (Lipinski definition) is 2. The van der Waals surface area contributed by atoms with Gasteiger partial charge in [-0.1, -0.05) is 37.3 Å². The molecule has 104 valence electrons. The van der Waals surface area contributed by atoms with E-state index in [4.69, 9.17) is 17.3 Å². The first-order valence-electron chi connectivity index (χ1n) is 6.79. The minimum absolute atomic E-state index is 0.0215. The van der Waals surface area contributed by atoms with Crippen molar-refractivity contribution in [1.29, 1.82) is 0 Å². The monoisotopic (exact) mass is 281 g/mol. The first kappa shape index (κ1) is 14.3. The maximum Gasteiger partial charge on any atom is 0.231 e. The average molecular weight is 282 g/mol. The number of rotatable bonds is 3. The summed E-state index contributed by atoms with van der Waals surface area (Å²) in [5.74, 6) is -0.0215. The Morgan fingerprint density at radius 1 is 1.37 bits per heavy atom. The van der Waals surface area contributed by atoms with Gasteiger partial charge in [0.2, 0.25) is 5.91 Å². The Bertz CT molecular complexity index is 442. The topological polar surface area (TPSA) is 68.0 Å². The van der Waals surface area contributed by atoms with Crippen LogP contribution in [0.5, 0.6) is 0 Å². The van der Waals surface area contributed by atoms with Crippen LogP contribution in [-0.2, 0) is 4.79 Å². The Labute approximate surface area is 118 Å². The zero-order valence-electron chi connectivity index (χ0n) is 11.0. The van der Waals surface area contributed by atoms with Gasteiger partial charge < -0.3 is 11.1 Å². The van der Waals surface area contributed by atoms with Crippen molar-refractivity contribution in [2.45, 2.75) is 38.5 Å². The minimum Gasteiger partial charge on any atom is -0.329 e. The van der Waals surface area contributed by atoms with Crippen molar-refractivity contribution in [2.75, 3.05) is 11.9 Å². The fourth-order valence-corrected chi connectivity index (χ4v) is 2.81. The molecule has 5 heteroatoms. The van der Waals surface area contributed by atoms with Crippen molar-refractivity contribution in [2.24, 2.45) is 11.1 Å². The number of nitrogens with one attached hydrogen (secondary N) is 1. The molecule has 0 atom stereocenters. The third-order valence-corrected chi connectivity index (χ3v) is 4.28. The molecule has 1 amide bonds. The average Bonchev–Trinajstić information content (AvgIpc) is 2.67. The van der Waals surface area contributed by atoms with Crippen molar-refractivity contribution in [3.63, 3.8) is 0 Å². The van der Waals surface area contributed by atoms with Gasteiger partial charge in [-0.15, -0.1) is 0 Å². The van der Waals surface area contributed by atoms with Crippen molar-refractivity contribution in [3.05, 3.63) is 23.5 Å². The lowest BCUT2D eigenvalue weighted by Gasteiger charge is -2.29.